The number of hydrogen-bond acceptors (Lipinski definition) is 5. The molecule has 0 saturated carbocycles. The SMILES string of the molecule is CCCC[Si](C)(C)OC(C)(C)CCCOc1ccc(C(C)(C)c2ccc(Oc3ccc(S(=O)(=O)c4ccc(C)cc4)cc3)cc2)cc1. The van der Waals surface area contributed by atoms with Gasteiger partial charge >= 0.3 is 0 Å². The molecule has 0 spiro atoms. The van der Waals surface area contributed by atoms with E-state index in [1.54, 1.807) is 48.5 Å². The Balaban J connectivity index is 1.30. The van der Waals surface area contributed by atoms with Gasteiger partial charge in [-0.25, -0.2) is 8.42 Å². The minimum atomic E-state index is -3.58. The van der Waals surface area contributed by atoms with E-state index in [4.69, 9.17) is 13.9 Å². The molecule has 0 amide bonds. The average molecular weight is 673 g/mol. The van der Waals surface area contributed by atoms with Crippen LogP contribution in [0.1, 0.15) is 77.0 Å². The average Bonchev–Trinajstić information content (AvgIpc) is 3.03. The van der Waals surface area contributed by atoms with Gasteiger partial charge in [0.25, 0.3) is 0 Å². The second kappa shape index (κ2) is 15.2. The molecule has 252 valence electrons. The minimum Gasteiger partial charge on any atom is -0.494 e. The van der Waals surface area contributed by atoms with Gasteiger partial charge in [0.05, 0.1) is 22.0 Å². The normalized spacial score (nSPS) is 12.6. The Kier molecular flexibility index (Phi) is 11.8. The monoisotopic (exact) mass is 672 g/mol. The summed E-state index contributed by atoms with van der Waals surface area (Å²) in [7, 11) is -5.23. The van der Waals surface area contributed by atoms with E-state index in [9.17, 15) is 8.42 Å². The van der Waals surface area contributed by atoms with Gasteiger partial charge in [-0.3, -0.25) is 0 Å². The van der Waals surface area contributed by atoms with Gasteiger partial charge in [-0.1, -0.05) is 75.6 Å². The molecular formula is C40H52O5SSi. The topological polar surface area (TPSA) is 61.8 Å². The summed E-state index contributed by atoms with van der Waals surface area (Å²) in [6, 6.07) is 31.1. The van der Waals surface area contributed by atoms with Gasteiger partial charge in [0.15, 0.2) is 8.32 Å². The van der Waals surface area contributed by atoms with Crippen LogP contribution in [0.5, 0.6) is 17.2 Å². The Hall–Kier alpha value is -3.39. The summed E-state index contributed by atoms with van der Waals surface area (Å²) >= 11 is 0. The summed E-state index contributed by atoms with van der Waals surface area (Å²) in [5, 5.41) is 0. The fourth-order valence-electron chi connectivity index (χ4n) is 5.89. The first-order chi connectivity index (χ1) is 22.1. The maximum absolute atomic E-state index is 13.0. The summed E-state index contributed by atoms with van der Waals surface area (Å²) in [5.41, 5.74) is 3.01. The molecule has 0 aliphatic rings. The summed E-state index contributed by atoms with van der Waals surface area (Å²) in [6.45, 7) is 18.3. The smallest absolute Gasteiger partial charge is 0.206 e. The lowest BCUT2D eigenvalue weighted by Crippen LogP contribution is -2.41. The summed E-state index contributed by atoms with van der Waals surface area (Å²) in [5.74, 6) is 2.13. The van der Waals surface area contributed by atoms with Crippen LogP contribution in [-0.2, 0) is 19.7 Å². The van der Waals surface area contributed by atoms with Crippen LogP contribution in [-0.4, -0.2) is 28.9 Å². The van der Waals surface area contributed by atoms with Crippen molar-refractivity contribution in [1.29, 1.82) is 0 Å². The molecule has 0 bridgehead atoms. The molecule has 0 radical (unpaired) electrons. The van der Waals surface area contributed by atoms with Crippen LogP contribution in [0, 0.1) is 6.92 Å². The Morgan fingerprint density at radius 1 is 0.660 bits per heavy atom. The molecule has 0 N–H and O–H groups in total. The number of hydrogen-bond donors (Lipinski definition) is 0. The van der Waals surface area contributed by atoms with Crippen molar-refractivity contribution in [2.75, 3.05) is 6.61 Å². The zero-order chi connectivity index (χ0) is 34.3. The number of rotatable bonds is 16. The number of unbranched alkanes of at least 4 members (excludes halogenated alkanes) is 1. The molecule has 47 heavy (non-hydrogen) atoms. The van der Waals surface area contributed by atoms with Gasteiger partial charge in [0, 0.05) is 5.41 Å². The van der Waals surface area contributed by atoms with Crippen LogP contribution in [0.4, 0.5) is 0 Å². The van der Waals surface area contributed by atoms with Crippen LogP contribution < -0.4 is 9.47 Å². The minimum absolute atomic E-state index is 0.128. The molecule has 0 aliphatic carbocycles. The fourth-order valence-corrected chi connectivity index (χ4v) is 10.1. The maximum Gasteiger partial charge on any atom is 0.206 e. The molecule has 4 rings (SSSR count). The lowest BCUT2D eigenvalue weighted by molar-refractivity contribution is 0.0813. The highest BCUT2D eigenvalue weighted by molar-refractivity contribution is 7.91. The molecule has 4 aromatic rings. The molecule has 0 saturated heterocycles. The van der Waals surface area contributed by atoms with Crippen LogP contribution in [0.25, 0.3) is 0 Å². The van der Waals surface area contributed by atoms with E-state index in [0.717, 1.165) is 29.7 Å². The Bertz CT molecular complexity index is 1670. The first kappa shape index (κ1) is 36.4. The highest BCUT2D eigenvalue weighted by atomic mass is 32.2. The van der Waals surface area contributed by atoms with Crippen molar-refractivity contribution >= 4 is 18.2 Å². The fraction of sp³-hybridized carbons (Fsp3) is 0.400. The molecular weight excluding hydrogens is 621 g/mol. The van der Waals surface area contributed by atoms with Gasteiger partial charge < -0.3 is 13.9 Å². The first-order valence-corrected chi connectivity index (χ1v) is 21.3. The Labute approximate surface area is 284 Å². The number of benzene rings is 4. The summed E-state index contributed by atoms with van der Waals surface area (Å²) in [6.07, 6.45) is 4.38. The van der Waals surface area contributed by atoms with E-state index in [0.29, 0.717) is 18.1 Å². The zero-order valence-corrected chi connectivity index (χ0v) is 31.2. The van der Waals surface area contributed by atoms with Crippen molar-refractivity contribution in [3.63, 3.8) is 0 Å². The highest BCUT2D eigenvalue weighted by Gasteiger charge is 2.30. The van der Waals surface area contributed by atoms with Crippen molar-refractivity contribution in [2.45, 2.75) is 107 Å². The molecule has 5 nitrogen and oxygen atoms in total. The maximum atomic E-state index is 13.0. The number of aryl methyl sites for hydroxylation is 1. The van der Waals surface area contributed by atoms with Crippen molar-refractivity contribution < 1.29 is 22.3 Å². The van der Waals surface area contributed by atoms with E-state index in [-0.39, 0.29) is 20.8 Å². The van der Waals surface area contributed by atoms with Crippen molar-refractivity contribution in [3.05, 3.63) is 114 Å². The molecule has 4 aromatic carbocycles. The van der Waals surface area contributed by atoms with Crippen molar-refractivity contribution in [1.82, 2.24) is 0 Å². The van der Waals surface area contributed by atoms with E-state index in [1.165, 1.54) is 24.4 Å². The van der Waals surface area contributed by atoms with Gasteiger partial charge in [0.1, 0.15) is 17.2 Å². The Morgan fingerprint density at radius 2 is 1.13 bits per heavy atom. The first-order valence-electron chi connectivity index (χ1n) is 16.8. The largest absolute Gasteiger partial charge is 0.494 e. The molecule has 0 heterocycles. The molecule has 0 aliphatic heterocycles. The van der Waals surface area contributed by atoms with Crippen LogP contribution in [0.2, 0.25) is 19.1 Å². The molecule has 0 aromatic heterocycles. The second-order valence-electron chi connectivity index (χ2n) is 14.2. The number of ether oxygens (including phenoxy) is 2. The predicted octanol–water partition coefficient (Wildman–Crippen LogP) is 10.9. The highest BCUT2D eigenvalue weighted by Crippen LogP contribution is 2.35. The number of sulfone groups is 1. The van der Waals surface area contributed by atoms with Crippen LogP contribution in [0.15, 0.2) is 107 Å². The lowest BCUT2D eigenvalue weighted by atomic mass is 9.78. The van der Waals surface area contributed by atoms with Gasteiger partial charge in [-0.05, 0) is 125 Å². The van der Waals surface area contributed by atoms with E-state index >= 15 is 0 Å². The molecule has 0 unspecified atom stereocenters. The molecule has 0 atom stereocenters. The third kappa shape index (κ3) is 10.1. The van der Waals surface area contributed by atoms with E-state index < -0.39 is 18.2 Å². The van der Waals surface area contributed by atoms with E-state index in [1.807, 2.05) is 19.1 Å². The lowest BCUT2D eigenvalue weighted by Gasteiger charge is -2.35. The van der Waals surface area contributed by atoms with Crippen molar-refractivity contribution in [2.24, 2.45) is 0 Å². The standard InChI is InChI=1S/C40H52O5SSi/c1-9-10-30-47(7,8)45-39(3,4)28-11-29-43-34-18-14-32(15-19-34)40(5,6)33-16-20-35(21-17-33)44-36-22-26-38(27-23-36)46(41,42)37-24-12-31(2)13-25-37/h12-27H,9-11,28-30H2,1-8H3. The molecule has 0 fully saturated rings. The quantitative estimate of drug-likeness (QED) is 0.0875. The zero-order valence-electron chi connectivity index (χ0n) is 29.4. The summed E-state index contributed by atoms with van der Waals surface area (Å²) < 4.78 is 44.7. The van der Waals surface area contributed by atoms with Gasteiger partial charge in [-0.15, -0.1) is 0 Å². The van der Waals surface area contributed by atoms with Crippen LogP contribution >= 0.6 is 0 Å². The van der Waals surface area contributed by atoms with Gasteiger partial charge in [0.2, 0.25) is 9.84 Å². The Morgan fingerprint density at radius 3 is 1.64 bits per heavy atom. The van der Waals surface area contributed by atoms with Crippen molar-refractivity contribution in [3.8, 4) is 17.2 Å². The predicted molar refractivity (Wildman–Crippen MR) is 195 cm³/mol. The van der Waals surface area contributed by atoms with E-state index in [2.05, 4.69) is 84.1 Å². The molecule has 7 heteroatoms. The third-order valence-corrected chi connectivity index (χ3v) is 13.2. The van der Waals surface area contributed by atoms with Crippen LogP contribution in [0.3, 0.4) is 0 Å². The van der Waals surface area contributed by atoms with Gasteiger partial charge in [-0.2, -0.15) is 0 Å². The summed E-state index contributed by atoms with van der Waals surface area (Å²) in [4.78, 5) is 0.514. The third-order valence-electron chi connectivity index (χ3n) is 8.73. The second-order valence-corrected chi connectivity index (χ2v) is 20.4.